The molecule has 5 nitrogen and oxygen atoms in total. The molecular formula is C21H30FN3O2. The quantitative estimate of drug-likeness (QED) is 0.829. The lowest BCUT2D eigenvalue weighted by Gasteiger charge is -2.35. The van der Waals surface area contributed by atoms with Crippen LogP contribution in [0.3, 0.4) is 0 Å². The van der Waals surface area contributed by atoms with Gasteiger partial charge in [-0.3, -0.25) is 14.5 Å². The summed E-state index contributed by atoms with van der Waals surface area (Å²) in [4.78, 5) is 28.9. The molecule has 0 bridgehead atoms. The molecule has 6 heteroatoms. The van der Waals surface area contributed by atoms with Gasteiger partial charge in [-0.25, -0.2) is 4.39 Å². The topological polar surface area (TPSA) is 52.7 Å². The molecule has 1 aromatic rings. The van der Waals surface area contributed by atoms with E-state index < -0.39 is 0 Å². The molecule has 0 saturated carbocycles. The third-order valence-electron chi connectivity index (χ3n) is 5.62. The van der Waals surface area contributed by atoms with Gasteiger partial charge in [0.05, 0.1) is 6.54 Å². The van der Waals surface area contributed by atoms with Crippen LogP contribution in [0.2, 0.25) is 0 Å². The molecule has 0 aliphatic carbocycles. The molecule has 1 N–H and O–H groups in total. The molecule has 0 aromatic heterocycles. The summed E-state index contributed by atoms with van der Waals surface area (Å²) in [5.41, 5.74) is 1.01. The van der Waals surface area contributed by atoms with Crippen molar-refractivity contribution in [3.63, 3.8) is 0 Å². The van der Waals surface area contributed by atoms with Crippen molar-refractivity contribution in [1.82, 2.24) is 15.1 Å². The van der Waals surface area contributed by atoms with Crippen molar-refractivity contribution >= 4 is 11.8 Å². The number of amides is 2. The molecular weight excluding hydrogens is 345 g/mol. The summed E-state index contributed by atoms with van der Waals surface area (Å²) in [6, 6.07) is 6.36. The van der Waals surface area contributed by atoms with E-state index in [1.54, 1.807) is 12.1 Å². The summed E-state index contributed by atoms with van der Waals surface area (Å²) in [5.74, 6) is 0.210. The zero-order valence-corrected chi connectivity index (χ0v) is 16.0. The predicted molar refractivity (Wildman–Crippen MR) is 103 cm³/mol. The number of nitrogens with zero attached hydrogens (tertiary/aromatic N) is 2. The summed E-state index contributed by atoms with van der Waals surface area (Å²) in [6.45, 7) is 4.36. The molecule has 3 rings (SSSR count). The fourth-order valence-electron chi connectivity index (χ4n) is 3.97. The smallest absolute Gasteiger partial charge is 0.234 e. The SMILES string of the molecule is O=C(CN1CCC(C(=O)N2CCCCC2)CC1)NCCc1ccc(F)cc1. The maximum atomic E-state index is 12.9. The van der Waals surface area contributed by atoms with Crippen LogP contribution in [0.5, 0.6) is 0 Å². The second-order valence-electron chi connectivity index (χ2n) is 7.66. The molecule has 2 heterocycles. The monoisotopic (exact) mass is 375 g/mol. The van der Waals surface area contributed by atoms with Crippen molar-refractivity contribution in [2.24, 2.45) is 5.92 Å². The Morgan fingerprint density at radius 1 is 1.00 bits per heavy atom. The van der Waals surface area contributed by atoms with Gasteiger partial charge in [0.1, 0.15) is 5.82 Å². The third kappa shape index (κ3) is 6.03. The van der Waals surface area contributed by atoms with Crippen molar-refractivity contribution in [3.8, 4) is 0 Å². The highest BCUT2D eigenvalue weighted by Crippen LogP contribution is 2.21. The molecule has 2 fully saturated rings. The average Bonchev–Trinajstić information content (AvgIpc) is 2.70. The van der Waals surface area contributed by atoms with Gasteiger partial charge < -0.3 is 10.2 Å². The molecule has 0 spiro atoms. The normalized spacial score (nSPS) is 19.1. The molecule has 2 amide bonds. The Hall–Kier alpha value is -1.95. The Labute approximate surface area is 160 Å². The van der Waals surface area contributed by atoms with E-state index in [9.17, 15) is 14.0 Å². The van der Waals surface area contributed by atoms with E-state index in [1.165, 1.54) is 18.6 Å². The van der Waals surface area contributed by atoms with E-state index in [0.717, 1.165) is 57.4 Å². The number of hydrogen-bond donors (Lipinski definition) is 1. The van der Waals surface area contributed by atoms with E-state index in [2.05, 4.69) is 10.2 Å². The lowest BCUT2D eigenvalue weighted by atomic mass is 9.94. The molecule has 148 valence electrons. The first-order valence-corrected chi connectivity index (χ1v) is 10.1. The number of carbonyl (C=O) groups is 2. The summed E-state index contributed by atoms with van der Waals surface area (Å²) < 4.78 is 12.9. The van der Waals surface area contributed by atoms with Crippen LogP contribution in [-0.4, -0.2) is 60.9 Å². The van der Waals surface area contributed by atoms with Crippen molar-refractivity contribution in [3.05, 3.63) is 35.6 Å². The summed E-state index contributed by atoms with van der Waals surface area (Å²) in [6.07, 6.45) is 5.87. The Bertz CT molecular complexity index is 621. The Kier molecular flexibility index (Phi) is 7.21. The zero-order chi connectivity index (χ0) is 19.1. The van der Waals surface area contributed by atoms with Gasteiger partial charge in [-0.1, -0.05) is 12.1 Å². The van der Waals surface area contributed by atoms with Gasteiger partial charge in [0, 0.05) is 25.6 Å². The van der Waals surface area contributed by atoms with E-state index >= 15 is 0 Å². The Balaban J connectivity index is 1.33. The number of nitrogens with one attached hydrogen (secondary N) is 1. The Morgan fingerprint density at radius 3 is 2.33 bits per heavy atom. The van der Waals surface area contributed by atoms with Crippen LogP contribution in [-0.2, 0) is 16.0 Å². The maximum absolute atomic E-state index is 12.9. The number of rotatable bonds is 6. The number of likely N-dealkylation sites (tertiary alicyclic amines) is 2. The zero-order valence-electron chi connectivity index (χ0n) is 16.0. The van der Waals surface area contributed by atoms with E-state index in [0.29, 0.717) is 25.4 Å². The van der Waals surface area contributed by atoms with E-state index in [-0.39, 0.29) is 17.6 Å². The van der Waals surface area contributed by atoms with Crippen LogP contribution >= 0.6 is 0 Å². The standard InChI is InChI=1S/C21H30FN3O2/c22-19-6-4-17(5-7-19)8-11-23-20(26)16-24-14-9-18(10-15-24)21(27)25-12-2-1-3-13-25/h4-7,18H,1-3,8-16H2,(H,23,26). The number of piperidine rings is 2. The van der Waals surface area contributed by atoms with E-state index in [1.807, 2.05) is 4.90 Å². The van der Waals surface area contributed by atoms with Crippen molar-refractivity contribution in [1.29, 1.82) is 0 Å². The molecule has 0 radical (unpaired) electrons. The van der Waals surface area contributed by atoms with Gasteiger partial charge in [0.25, 0.3) is 0 Å². The van der Waals surface area contributed by atoms with Crippen LogP contribution in [0.1, 0.15) is 37.7 Å². The first-order valence-electron chi connectivity index (χ1n) is 10.1. The van der Waals surface area contributed by atoms with Gasteiger partial charge in [-0.05, 0) is 69.3 Å². The van der Waals surface area contributed by atoms with Gasteiger partial charge >= 0.3 is 0 Å². The summed E-state index contributed by atoms with van der Waals surface area (Å²) in [7, 11) is 0. The maximum Gasteiger partial charge on any atom is 0.234 e. The average molecular weight is 375 g/mol. The van der Waals surface area contributed by atoms with Crippen LogP contribution < -0.4 is 5.32 Å². The van der Waals surface area contributed by atoms with Crippen LogP contribution in [0.15, 0.2) is 24.3 Å². The van der Waals surface area contributed by atoms with Crippen molar-refractivity contribution in [2.75, 3.05) is 39.3 Å². The Morgan fingerprint density at radius 2 is 1.67 bits per heavy atom. The van der Waals surface area contributed by atoms with Gasteiger partial charge in [-0.15, -0.1) is 0 Å². The number of benzene rings is 1. The van der Waals surface area contributed by atoms with Crippen LogP contribution in [0.25, 0.3) is 0 Å². The minimum atomic E-state index is -0.245. The largest absolute Gasteiger partial charge is 0.355 e. The van der Waals surface area contributed by atoms with Crippen molar-refractivity contribution in [2.45, 2.75) is 38.5 Å². The first-order chi connectivity index (χ1) is 13.1. The number of carbonyl (C=O) groups excluding carboxylic acids is 2. The van der Waals surface area contributed by atoms with Gasteiger partial charge in [0.2, 0.25) is 11.8 Å². The number of hydrogen-bond acceptors (Lipinski definition) is 3. The highest BCUT2D eigenvalue weighted by Gasteiger charge is 2.29. The summed E-state index contributed by atoms with van der Waals surface area (Å²) >= 11 is 0. The highest BCUT2D eigenvalue weighted by atomic mass is 19.1. The predicted octanol–water partition coefficient (Wildman–Crippen LogP) is 2.21. The second-order valence-corrected chi connectivity index (χ2v) is 7.66. The first kappa shape index (κ1) is 19.8. The minimum Gasteiger partial charge on any atom is -0.355 e. The number of halogens is 1. The minimum absolute atomic E-state index is 0.0120. The fourth-order valence-corrected chi connectivity index (χ4v) is 3.97. The van der Waals surface area contributed by atoms with Crippen LogP contribution in [0, 0.1) is 11.7 Å². The lowest BCUT2D eigenvalue weighted by molar-refractivity contribution is -0.138. The highest BCUT2D eigenvalue weighted by molar-refractivity contribution is 5.79. The molecule has 2 aliphatic rings. The lowest BCUT2D eigenvalue weighted by Crippen LogP contribution is -2.46. The third-order valence-corrected chi connectivity index (χ3v) is 5.62. The summed E-state index contributed by atoms with van der Waals surface area (Å²) in [5, 5.41) is 2.93. The second kappa shape index (κ2) is 9.83. The van der Waals surface area contributed by atoms with E-state index in [4.69, 9.17) is 0 Å². The van der Waals surface area contributed by atoms with Crippen molar-refractivity contribution < 1.29 is 14.0 Å². The fraction of sp³-hybridized carbons (Fsp3) is 0.619. The molecule has 27 heavy (non-hydrogen) atoms. The molecule has 1 aromatic carbocycles. The van der Waals surface area contributed by atoms with Gasteiger partial charge in [-0.2, -0.15) is 0 Å². The van der Waals surface area contributed by atoms with Crippen LogP contribution in [0.4, 0.5) is 4.39 Å². The molecule has 0 atom stereocenters. The molecule has 2 aliphatic heterocycles. The molecule has 2 saturated heterocycles. The van der Waals surface area contributed by atoms with Gasteiger partial charge in [0.15, 0.2) is 0 Å². The molecule has 0 unspecified atom stereocenters.